The van der Waals surface area contributed by atoms with Crippen molar-refractivity contribution in [1.82, 2.24) is 19.7 Å². The molecule has 66 valence electrons. The minimum atomic E-state index is 0.852. The van der Waals surface area contributed by atoms with E-state index in [2.05, 4.69) is 15.2 Å². The molecule has 0 fully saturated rings. The topological polar surface area (TPSA) is 43.6 Å². The van der Waals surface area contributed by atoms with Crippen molar-refractivity contribution in [2.45, 2.75) is 6.92 Å². The van der Waals surface area contributed by atoms with Crippen LogP contribution in [0.25, 0.3) is 11.4 Å². The molecule has 0 radical (unpaired) electrons. The van der Waals surface area contributed by atoms with Gasteiger partial charge in [0.1, 0.15) is 5.82 Å². The summed E-state index contributed by atoms with van der Waals surface area (Å²) >= 11 is 0. The van der Waals surface area contributed by atoms with Gasteiger partial charge >= 0.3 is 0 Å². The number of aromatic nitrogens is 4. The fourth-order valence-corrected chi connectivity index (χ4v) is 1.15. The molecule has 0 bridgehead atoms. The standard InChI is InChI=1S/C9H10N4/c1-7-11-12-9(13(7)2)8-4-3-5-10-6-8/h3-6H,1-2H3. The Bertz CT molecular complexity index is 405. The maximum Gasteiger partial charge on any atom is 0.165 e. The Hall–Kier alpha value is -1.71. The Labute approximate surface area is 76.3 Å². The molecule has 0 saturated heterocycles. The molecule has 0 aliphatic carbocycles. The molecule has 4 heteroatoms. The maximum absolute atomic E-state index is 4.06. The van der Waals surface area contributed by atoms with Crippen molar-refractivity contribution in [3.8, 4) is 11.4 Å². The summed E-state index contributed by atoms with van der Waals surface area (Å²) in [7, 11) is 1.94. The quantitative estimate of drug-likeness (QED) is 0.652. The van der Waals surface area contributed by atoms with Gasteiger partial charge in [0.15, 0.2) is 5.82 Å². The summed E-state index contributed by atoms with van der Waals surface area (Å²) in [5, 5.41) is 8.04. The van der Waals surface area contributed by atoms with Gasteiger partial charge in [0.05, 0.1) is 0 Å². The van der Waals surface area contributed by atoms with Gasteiger partial charge in [0.2, 0.25) is 0 Å². The lowest BCUT2D eigenvalue weighted by Gasteiger charge is -1.99. The highest BCUT2D eigenvalue weighted by Gasteiger charge is 2.06. The summed E-state index contributed by atoms with van der Waals surface area (Å²) in [5.41, 5.74) is 0.991. The summed E-state index contributed by atoms with van der Waals surface area (Å²) in [6, 6.07) is 3.86. The first-order valence-electron chi connectivity index (χ1n) is 4.05. The zero-order valence-corrected chi connectivity index (χ0v) is 7.60. The molecule has 0 N–H and O–H groups in total. The smallest absolute Gasteiger partial charge is 0.165 e. The van der Waals surface area contributed by atoms with E-state index in [0.29, 0.717) is 0 Å². The van der Waals surface area contributed by atoms with E-state index in [1.807, 2.05) is 30.7 Å². The normalized spacial score (nSPS) is 10.3. The van der Waals surface area contributed by atoms with Gasteiger partial charge in [-0.1, -0.05) is 0 Å². The number of nitrogens with zero attached hydrogens (tertiary/aromatic N) is 4. The first-order valence-corrected chi connectivity index (χ1v) is 4.05. The average molecular weight is 174 g/mol. The fourth-order valence-electron chi connectivity index (χ4n) is 1.15. The number of aryl methyl sites for hydroxylation is 1. The molecule has 2 aromatic heterocycles. The van der Waals surface area contributed by atoms with Crippen molar-refractivity contribution in [2.24, 2.45) is 7.05 Å². The molecule has 0 amide bonds. The molecule has 2 aromatic rings. The van der Waals surface area contributed by atoms with Crippen LogP contribution >= 0.6 is 0 Å². The molecule has 2 heterocycles. The lowest BCUT2D eigenvalue weighted by molar-refractivity contribution is 0.864. The molecule has 2 rings (SSSR count). The number of pyridine rings is 1. The Morgan fingerprint density at radius 1 is 1.31 bits per heavy atom. The predicted molar refractivity (Wildman–Crippen MR) is 49.0 cm³/mol. The van der Waals surface area contributed by atoms with E-state index in [9.17, 15) is 0 Å². The van der Waals surface area contributed by atoms with Crippen LogP contribution in [0.2, 0.25) is 0 Å². The summed E-state index contributed by atoms with van der Waals surface area (Å²) < 4.78 is 1.94. The van der Waals surface area contributed by atoms with E-state index in [4.69, 9.17) is 0 Å². The van der Waals surface area contributed by atoms with E-state index in [0.717, 1.165) is 17.2 Å². The third-order valence-electron chi connectivity index (χ3n) is 2.01. The predicted octanol–water partition coefficient (Wildman–Crippen LogP) is 1.19. The molecule has 0 aromatic carbocycles. The highest BCUT2D eigenvalue weighted by Crippen LogP contribution is 2.14. The van der Waals surface area contributed by atoms with Gasteiger partial charge in [-0.05, 0) is 19.1 Å². The molecule has 4 nitrogen and oxygen atoms in total. The molecule has 13 heavy (non-hydrogen) atoms. The van der Waals surface area contributed by atoms with Crippen LogP contribution < -0.4 is 0 Å². The molecule has 0 unspecified atom stereocenters. The van der Waals surface area contributed by atoms with E-state index >= 15 is 0 Å². The lowest BCUT2D eigenvalue weighted by Crippen LogP contribution is -1.94. The zero-order chi connectivity index (χ0) is 9.26. The van der Waals surface area contributed by atoms with Gasteiger partial charge in [-0.3, -0.25) is 4.98 Å². The van der Waals surface area contributed by atoms with Crippen LogP contribution in [0, 0.1) is 6.92 Å². The van der Waals surface area contributed by atoms with Crippen molar-refractivity contribution in [1.29, 1.82) is 0 Å². The van der Waals surface area contributed by atoms with Gasteiger partial charge in [-0.15, -0.1) is 10.2 Å². The van der Waals surface area contributed by atoms with Crippen LogP contribution in [0.4, 0.5) is 0 Å². The van der Waals surface area contributed by atoms with Gasteiger partial charge in [-0.2, -0.15) is 0 Å². The monoisotopic (exact) mass is 174 g/mol. The van der Waals surface area contributed by atoms with Crippen LogP contribution in [0.1, 0.15) is 5.82 Å². The highest BCUT2D eigenvalue weighted by atomic mass is 15.3. The lowest BCUT2D eigenvalue weighted by atomic mass is 10.3. The molecule has 0 atom stereocenters. The molecule has 0 saturated carbocycles. The Morgan fingerprint density at radius 2 is 2.15 bits per heavy atom. The van der Waals surface area contributed by atoms with Crippen molar-refractivity contribution >= 4 is 0 Å². The second kappa shape index (κ2) is 2.97. The SMILES string of the molecule is Cc1nnc(-c2cccnc2)n1C. The van der Waals surface area contributed by atoms with Gasteiger partial charge in [0, 0.05) is 25.0 Å². The Balaban J connectivity index is 2.53. The summed E-state index contributed by atoms with van der Waals surface area (Å²) in [6.07, 6.45) is 3.52. The molecule has 0 aliphatic heterocycles. The summed E-state index contributed by atoms with van der Waals surface area (Å²) in [4.78, 5) is 4.03. The molecule has 0 spiro atoms. The second-order valence-corrected chi connectivity index (χ2v) is 2.87. The first kappa shape index (κ1) is 7.91. The largest absolute Gasteiger partial charge is 0.314 e. The average Bonchev–Trinajstić information content (AvgIpc) is 2.49. The number of rotatable bonds is 1. The minimum Gasteiger partial charge on any atom is -0.314 e. The van der Waals surface area contributed by atoms with E-state index < -0.39 is 0 Å². The third-order valence-corrected chi connectivity index (χ3v) is 2.01. The minimum absolute atomic E-state index is 0.852. The maximum atomic E-state index is 4.06. The van der Waals surface area contributed by atoms with E-state index in [-0.39, 0.29) is 0 Å². The van der Waals surface area contributed by atoms with Crippen molar-refractivity contribution < 1.29 is 0 Å². The number of hydrogen-bond donors (Lipinski definition) is 0. The first-order chi connectivity index (χ1) is 6.29. The Kier molecular flexibility index (Phi) is 1.81. The fraction of sp³-hybridized carbons (Fsp3) is 0.222. The van der Waals surface area contributed by atoms with Crippen LogP contribution in [0.3, 0.4) is 0 Å². The van der Waals surface area contributed by atoms with Crippen LogP contribution in [-0.4, -0.2) is 19.7 Å². The van der Waals surface area contributed by atoms with Crippen molar-refractivity contribution in [3.63, 3.8) is 0 Å². The summed E-state index contributed by atoms with van der Waals surface area (Å²) in [5.74, 6) is 1.75. The van der Waals surface area contributed by atoms with E-state index in [1.165, 1.54) is 0 Å². The van der Waals surface area contributed by atoms with Gasteiger partial charge in [-0.25, -0.2) is 0 Å². The van der Waals surface area contributed by atoms with Gasteiger partial charge in [0.25, 0.3) is 0 Å². The zero-order valence-electron chi connectivity index (χ0n) is 7.60. The number of hydrogen-bond acceptors (Lipinski definition) is 3. The van der Waals surface area contributed by atoms with E-state index in [1.54, 1.807) is 12.4 Å². The second-order valence-electron chi connectivity index (χ2n) is 2.87. The summed E-state index contributed by atoms with van der Waals surface area (Å²) in [6.45, 7) is 1.92. The molecular weight excluding hydrogens is 164 g/mol. The molecule has 0 aliphatic rings. The third kappa shape index (κ3) is 1.30. The van der Waals surface area contributed by atoms with Crippen molar-refractivity contribution in [2.75, 3.05) is 0 Å². The van der Waals surface area contributed by atoms with Crippen LogP contribution in [-0.2, 0) is 7.05 Å². The van der Waals surface area contributed by atoms with Crippen molar-refractivity contribution in [3.05, 3.63) is 30.4 Å². The van der Waals surface area contributed by atoms with Crippen LogP contribution in [0.5, 0.6) is 0 Å². The highest BCUT2D eigenvalue weighted by molar-refractivity contribution is 5.53. The Morgan fingerprint density at radius 3 is 2.69 bits per heavy atom. The molecular formula is C9H10N4. The van der Waals surface area contributed by atoms with Gasteiger partial charge < -0.3 is 4.57 Å². The van der Waals surface area contributed by atoms with Crippen LogP contribution in [0.15, 0.2) is 24.5 Å².